The first kappa shape index (κ1) is 9.99. The summed E-state index contributed by atoms with van der Waals surface area (Å²) in [5.41, 5.74) is 0. The van der Waals surface area contributed by atoms with Gasteiger partial charge in [-0.3, -0.25) is 5.32 Å². The number of aromatic nitrogens is 1. The van der Waals surface area contributed by atoms with Crippen LogP contribution in [0.25, 0.3) is 0 Å². The molecule has 0 radical (unpaired) electrons. The molecule has 2 amide bonds. The maximum atomic E-state index is 11.1. The Kier molecular flexibility index (Phi) is 3.95. The summed E-state index contributed by atoms with van der Waals surface area (Å²) in [6.07, 6.45) is 1.89. The van der Waals surface area contributed by atoms with Gasteiger partial charge < -0.3 is 5.32 Å². The van der Waals surface area contributed by atoms with Gasteiger partial charge in [0.05, 0.1) is 12.5 Å². The molecule has 72 valence electrons. The topological polar surface area (TPSA) is 77.8 Å². The normalized spacial score (nSPS) is 8.79. The third kappa shape index (κ3) is 3.54. The summed E-state index contributed by atoms with van der Waals surface area (Å²) < 4.78 is 0. The highest BCUT2D eigenvalue weighted by atomic mass is 16.2. The van der Waals surface area contributed by atoms with Crippen LogP contribution in [0.5, 0.6) is 0 Å². The van der Waals surface area contributed by atoms with Gasteiger partial charge in [-0.2, -0.15) is 5.26 Å². The fourth-order valence-electron chi connectivity index (χ4n) is 0.829. The summed E-state index contributed by atoms with van der Waals surface area (Å²) in [7, 11) is 0. The number of rotatable bonds is 3. The second-order valence-corrected chi connectivity index (χ2v) is 2.50. The van der Waals surface area contributed by atoms with Crippen molar-refractivity contribution in [2.75, 3.05) is 11.9 Å². The lowest BCUT2D eigenvalue weighted by Crippen LogP contribution is -2.29. The van der Waals surface area contributed by atoms with Gasteiger partial charge in [-0.15, -0.1) is 0 Å². The Morgan fingerprint density at radius 2 is 2.43 bits per heavy atom. The van der Waals surface area contributed by atoms with Crippen molar-refractivity contribution in [3.05, 3.63) is 24.4 Å². The van der Waals surface area contributed by atoms with E-state index >= 15 is 0 Å². The Balaban J connectivity index is 2.32. The smallest absolute Gasteiger partial charge is 0.320 e. The van der Waals surface area contributed by atoms with E-state index in [1.807, 2.05) is 6.07 Å². The molecule has 0 spiro atoms. The number of nitrogens with zero attached hydrogens (tertiary/aromatic N) is 2. The first-order valence-corrected chi connectivity index (χ1v) is 4.16. The first-order chi connectivity index (χ1) is 6.83. The molecular formula is C9H10N4O. The van der Waals surface area contributed by atoms with Gasteiger partial charge in [0.25, 0.3) is 0 Å². The summed E-state index contributed by atoms with van der Waals surface area (Å²) >= 11 is 0. The predicted octanol–water partition coefficient (Wildman–Crippen LogP) is 1.12. The predicted molar refractivity (Wildman–Crippen MR) is 51.5 cm³/mol. The highest BCUT2D eigenvalue weighted by Gasteiger charge is 1.99. The molecular weight excluding hydrogens is 180 g/mol. The van der Waals surface area contributed by atoms with Gasteiger partial charge in [0, 0.05) is 12.7 Å². The number of nitriles is 1. The van der Waals surface area contributed by atoms with Gasteiger partial charge in [-0.05, 0) is 12.1 Å². The van der Waals surface area contributed by atoms with Gasteiger partial charge in [0.2, 0.25) is 0 Å². The number of anilines is 1. The van der Waals surface area contributed by atoms with Crippen molar-refractivity contribution in [1.29, 1.82) is 5.26 Å². The van der Waals surface area contributed by atoms with E-state index in [-0.39, 0.29) is 6.03 Å². The minimum atomic E-state index is -0.348. The average Bonchev–Trinajstić information content (AvgIpc) is 2.20. The van der Waals surface area contributed by atoms with Gasteiger partial charge >= 0.3 is 6.03 Å². The summed E-state index contributed by atoms with van der Waals surface area (Å²) in [4.78, 5) is 15.0. The third-order valence-electron chi connectivity index (χ3n) is 1.43. The third-order valence-corrected chi connectivity index (χ3v) is 1.43. The van der Waals surface area contributed by atoms with E-state index in [1.54, 1.807) is 24.4 Å². The van der Waals surface area contributed by atoms with E-state index in [0.29, 0.717) is 18.8 Å². The number of hydrogen-bond acceptors (Lipinski definition) is 3. The summed E-state index contributed by atoms with van der Waals surface area (Å²) in [6, 6.07) is 6.80. The van der Waals surface area contributed by atoms with Crippen molar-refractivity contribution in [1.82, 2.24) is 10.3 Å². The number of hydrogen-bond donors (Lipinski definition) is 2. The Morgan fingerprint density at radius 1 is 1.57 bits per heavy atom. The number of pyridine rings is 1. The Hall–Kier alpha value is -2.09. The Bertz CT molecular complexity index is 330. The standard InChI is InChI=1S/C9H10N4O/c10-5-3-7-12-9(14)13-8-4-1-2-6-11-8/h1-2,4,6H,3,7H2,(H2,11,12,13,14). The zero-order chi connectivity index (χ0) is 10.2. The van der Waals surface area contributed by atoms with Crippen LogP contribution in [0.4, 0.5) is 10.6 Å². The van der Waals surface area contributed by atoms with Crippen LogP contribution in [0.15, 0.2) is 24.4 Å². The molecule has 0 saturated carbocycles. The maximum absolute atomic E-state index is 11.1. The number of amides is 2. The van der Waals surface area contributed by atoms with E-state index in [9.17, 15) is 4.79 Å². The lowest BCUT2D eigenvalue weighted by molar-refractivity contribution is 0.252. The summed E-state index contributed by atoms with van der Waals surface area (Å²) in [5.74, 6) is 0.488. The second kappa shape index (κ2) is 5.54. The van der Waals surface area contributed by atoms with Crippen molar-refractivity contribution in [2.45, 2.75) is 6.42 Å². The van der Waals surface area contributed by atoms with Crippen molar-refractivity contribution in [3.8, 4) is 6.07 Å². The molecule has 0 bridgehead atoms. The molecule has 0 atom stereocenters. The summed E-state index contributed by atoms with van der Waals surface area (Å²) in [6.45, 7) is 0.342. The molecule has 0 aromatic carbocycles. The van der Waals surface area contributed by atoms with Gasteiger partial charge in [-0.25, -0.2) is 9.78 Å². The molecule has 1 aromatic rings. The molecule has 0 aliphatic carbocycles. The van der Waals surface area contributed by atoms with Crippen LogP contribution < -0.4 is 10.6 Å². The van der Waals surface area contributed by atoms with Crippen LogP contribution in [0, 0.1) is 11.3 Å². The van der Waals surface area contributed by atoms with Crippen molar-refractivity contribution < 1.29 is 4.79 Å². The highest BCUT2D eigenvalue weighted by Crippen LogP contribution is 1.98. The molecule has 5 nitrogen and oxygen atoms in total. The zero-order valence-corrected chi connectivity index (χ0v) is 7.53. The minimum Gasteiger partial charge on any atom is -0.337 e. The second-order valence-electron chi connectivity index (χ2n) is 2.50. The van der Waals surface area contributed by atoms with Crippen molar-refractivity contribution >= 4 is 11.8 Å². The van der Waals surface area contributed by atoms with Crippen molar-refractivity contribution in [2.24, 2.45) is 0 Å². The molecule has 14 heavy (non-hydrogen) atoms. The molecule has 0 aliphatic rings. The zero-order valence-electron chi connectivity index (χ0n) is 7.53. The molecule has 5 heteroatoms. The fraction of sp³-hybridized carbons (Fsp3) is 0.222. The van der Waals surface area contributed by atoms with Crippen LogP contribution >= 0.6 is 0 Å². The van der Waals surface area contributed by atoms with Crippen LogP contribution in [0.1, 0.15) is 6.42 Å². The van der Waals surface area contributed by atoms with Crippen LogP contribution in [0.3, 0.4) is 0 Å². The van der Waals surface area contributed by atoms with E-state index in [1.165, 1.54) is 0 Å². The van der Waals surface area contributed by atoms with Crippen LogP contribution in [-0.4, -0.2) is 17.6 Å². The lowest BCUT2D eigenvalue weighted by Gasteiger charge is -2.04. The lowest BCUT2D eigenvalue weighted by atomic mass is 10.4. The molecule has 2 N–H and O–H groups in total. The number of urea groups is 1. The number of carbonyl (C=O) groups excluding carboxylic acids is 1. The molecule has 1 heterocycles. The van der Waals surface area contributed by atoms with Crippen LogP contribution in [0.2, 0.25) is 0 Å². The highest BCUT2D eigenvalue weighted by molar-refractivity contribution is 5.88. The molecule has 1 rings (SSSR count). The monoisotopic (exact) mass is 190 g/mol. The maximum Gasteiger partial charge on any atom is 0.320 e. The molecule has 0 saturated heterocycles. The van der Waals surface area contributed by atoms with Gasteiger partial charge in [0.1, 0.15) is 5.82 Å². The van der Waals surface area contributed by atoms with E-state index in [0.717, 1.165) is 0 Å². The largest absolute Gasteiger partial charge is 0.337 e. The van der Waals surface area contributed by atoms with Gasteiger partial charge in [0.15, 0.2) is 0 Å². The Morgan fingerprint density at radius 3 is 3.07 bits per heavy atom. The minimum absolute atomic E-state index is 0.301. The Labute approximate surface area is 81.8 Å². The number of nitrogens with one attached hydrogen (secondary N) is 2. The summed E-state index contributed by atoms with van der Waals surface area (Å²) in [5, 5.41) is 13.3. The van der Waals surface area contributed by atoms with E-state index in [4.69, 9.17) is 5.26 Å². The first-order valence-electron chi connectivity index (χ1n) is 4.16. The van der Waals surface area contributed by atoms with E-state index < -0.39 is 0 Å². The SMILES string of the molecule is N#CCCNC(=O)Nc1ccccn1. The average molecular weight is 190 g/mol. The fourth-order valence-corrected chi connectivity index (χ4v) is 0.829. The number of carbonyl (C=O) groups is 1. The molecule has 0 aliphatic heterocycles. The van der Waals surface area contributed by atoms with Crippen molar-refractivity contribution in [3.63, 3.8) is 0 Å². The van der Waals surface area contributed by atoms with Gasteiger partial charge in [-0.1, -0.05) is 6.07 Å². The molecule has 0 unspecified atom stereocenters. The van der Waals surface area contributed by atoms with E-state index in [2.05, 4.69) is 15.6 Å². The molecule has 0 fully saturated rings. The van der Waals surface area contributed by atoms with Crippen LogP contribution in [-0.2, 0) is 0 Å². The quantitative estimate of drug-likeness (QED) is 0.701. The molecule has 1 aromatic heterocycles.